The van der Waals surface area contributed by atoms with Crippen molar-refractivity contribution in [2.45, 2.75) is 0 Å². The molecule has 3 N–H and O–H groups in total. The van der Waals surface area contributed by atoms with Crippen LogP contribution >= 0.6 is 11.6 Å². The fourth-order valence-electron chi connectivity index (χ4n) is 1.21. The second-order valence-corrected chi connectivity index (χ2v) is 3.09. The summed E-state index contributed by atoms with van der Waals surface area (Å²) in [7, 11) is 2.78. The molecule has 0 radical (unpaired) electrons. The number of carboxylic acids is 1. The first-order valence-electron chi connectivity index (χ1n) is 3.96. The molecule has 0 saturated heterocycles. The van der Waals surface area contributed by atoms with Gasteiger partial charge in [0.1, 0.15) is 5.56 Å². The van der Waals surface area contributed by atoms with E-state index >= 15 is 0 Å². The quantitative estimate of drug-likeness (QED) is 0.773. The molecular weight excluding hydrogens is 222 g/mol. The van der Waals surface area contributed by atoms with Crippen LogP contribution in [0.3, 0.4) is 0 Å². The van der Waals surface area contributed by atoms with E-state index in [1.54, 1.807) is 0 Å². The number of nitrogens with two attached hydrogens (primary N) is 1. The number of carboxylic acid groups (broad SMARTS) is 1. The summed E-state index contributed by atoms with van der Waals surface area (Å²) in [5, 5.41) is 8.88. The molecule has 15 heavy (non-hydrogen) atoms. The van der Waals surface area contributed by atoms with E-state index in [-0.39, 0.29) is 22.0 Å². The highest BCUT2D eigenvalue weighted by molar-refractivity contribution is 6.34. The number of methoxy groups -OCH3 is 2. The van der Waals surface area contributed by atoms with Crippen molar-refractivity contribution >= 4 is 23.3 Å². The molecule has 0 aliphatic heterocycles. The molecule has 0 heterocycles. The minimum Gasteiger partial charge on any atom is -0.493 e. The van der Waals surface area contributed by atoms with Crippen molar-refractivity contribution in [3.8, 4) is 11.5 Å². The highest BCUT2D eigenvalue weighted by atomic mass is 35.5. The number of nitrogen functional groups attached to an aromatic ring is 1. The van der Waals surface area contributed by atoms with Gasteiger partial charge in [-0.1, -0.05) is 11.6 Å². The molecule has 1 aromatic rings. The number of halogens is 1. The number of aromatic carboxylic acids is 1. The van der Waals surface area contributed by atoms with Gasteiger partial charge in [0.25, 0.3) is 0 Å². The van der Waals surface area contributed by atoms with Crippen molar-refractivity contribution in [1.29, 1.82) is 0 Å². The van der Waals surface area contributed by atoms with Crippen LogP contribution in [-0.2, 0) is 0 Å². The Balaban J connectivity index is 3.51. The molecule has 0 atom stereocenters. The summed E-state index contributed by atoms with van der Waals surface area (Å²) in [6.07, 6.45) is 0. The Bertz CT molecular complexity index is 406. The highest BCUT2D eigenvalue weighted by Gasteiger charge is 2.20. The lowest BCUT2D eigenvalue weighted by atomic mass is 10.1. The molecule has 0 amide bonds. The number of ether oxygens (including phenoxy) is 2. The van der Waals surface area contributed by atoms with Gasteiger partial charge in [0.05, 0.1) is 24.9 Å². The average molecular weight is 232 g/mol. The standard InChI is InChI=1S/C9H10ClNO4/c1-14-5-3-4(10)6(9(12)13)7(11)8(5)15-2/h3H,11H2,1-2H3,(H,12,13). The monoisotopic (exact) mass is 231 g/mol. The van der Waals surface area contributed by atoms with E-state index in [2.05, 4.69) is 0 Å². The second-order valence-electron chi connectivity index (χ2n) is 2.69. The van der Waals surface area contributed by atoms with Crippen LogP contribution in [0.5, 0.6) is 11.5 Å². The van der Waals surface area contributed by atoms with Crippen LogP contribution < -0.4 is 15.2 Å². The zero-order chi connectivity index (χ0) is 11.6. The van der Waals surface area contributed by atoms with Crippen molar-refractivity contribution in [3.05, 3.63) is 16.7 Å². The van der Waals surface area contributed by atoms with Gasteiger partial charge in [0.2, 0.25) is 0 Å². The van der Waals surface area contributed by atoms with E-state index < -0.39 is 5.97 Å². The Morgan fingerprint density at radius 1 is 1.47 bits per heavy atom. The first-order valence-corrected chi connectivity index (χ1v) is 4.34. The summed E-state index contributed by atoms with van der Waals surface area (Å²) in [5.41, 5.74) is 5.37. The van der Waals surface area contributed by atoms with Gasteiger partial charge in [-0.2, -0.15) is 0 Å². The van der Waals surface area contributed by atoms with Crippen LogP contribution in [0.1, 0.15) is 10.4 Å². The lowest BCUT2D eigenvalue weighted by molar-refractivity contribution is 0.0698. The van der Waals surface area contributed by atoms with E-state index in [1.807, 2.05) is 0 Å². The number of benzene rings is 1. The van der Waals surface area contributed by atoms with Crippen molar-refractivity contribution in [2.24, 2.45) is 0 Å². The van der Waals surface area contributed by atoms with Crippen molar-refractivity contribution in [3.63, 3.8) is 0 Å². The van der Waals surface area contributed by atoms with Gasteiger partial charge in [0, 0.05) is 6.07 Å². The van der Waals surface area contributed by atoms with E-state index in [0.717, 1.165) is 0 Å². The fraction of sp³-hybridized carbons (Fsp3) is 0.222. The number of rotatable bonds is 3. The van der Waals surface area contributed by atoms with Crippen LogP contribution in [0, 0.1) is 0 Å². The smallest absolute Gasteiger partial charge is 0.339 e. The van der Waals surface area contributed by atoms with Gasteiger partial charge in [-0.15, -0.1) is 0 Å². The van der Waals surface area contributed by atoms with E-state index in [1.165, 1.54) is 20.3 Å². The molecule has 1 rings (SSSR count). The first-order chi connectivity index (χ1) is 7.02. The van der Waals surface area contributed by atoms with Gasteiger partial charge in [-0.25, -0.2) is 4.79 Å². The average Bonchev–Trinajstić information content (AvgIpc) is 2.16. The lowest BCUT2D eigenvalue weighted by Gasteiger charge is -2.13. The van der Waals surface area contributed by atoms with Crippen molar-refractivity contribution in [2.75, 3.05) is 20.0 Å². The maximum Gasteiger partial charge on any atom is 0.339 e. The third kappa shape index (κ3) is 1.92. The predicted molar refractivity (Wildman–Crippen MR) is 55.9 cm³/mol. The van der Waals surface area contributed by atoms with Gasteiger partial charge < -0.3 is 20.3 Å². The van der Waals surface area contributed by atoms with Crippen LogP contribution in [-0.4, -0.2) is 25.3 Å². The Morgan fingerprint density at radius 2 is 2.07 bits per heavy atom. The van der Waals surface area contributed by atoms with Gasteiger partial charge in [-0.05, 0) is 0 Å². The van der Waals surface area contributed by atoms with Crippen molar-refractivity contribution in [1.82, 2.24) is 0 Å². The zero-order valence-electron chi connectivity index (χ0n) is 8.20. The van der Waals surface area contributed by atoms with Gasteiger partial charge in [-0.3, -0.25) is 0 Å². The molecule has 0 unspecified atom stereocenters. The summed E-state index contributed by atoms with van der Waals surface area (Å²) >= 11 is 5.74. The number of hydrogen-bond acceptors (Lipinski definition) is 4. The molecule has 0 aliphatic rings. The molecule has 0 fully saturated rings. The number of anilines is 1. The molecule has 0 saturated carbocycles. The Kier molecular flexibility index (Phi) is 3.26. The third-order valence-electron chi connectivity index (χ3n) is 1.87. The minimum absolute atomic E-state index is 0.0117. The Labute approximate surface area is 91.4 Å². The lowest BCUT2D eigenvalue weighted by Crippen LogP contribution is -2.06. The molecule has 6 heteroatoms. The summed E-state index contributed by atoms with van der Waals surface area (Å²) in [5.74, 6) is -0.747. The van der Waals surface area contributed by atoms with E-state index in [9.17, 15) is 4.79 Å². The highest BCUT2D eigenvalue weighted by Crippen LogP contribution is 2.39. The van der Waals surface area contributed by atoms with Crippen LogP contribution in [0.4, 0.5) is 5.69 Å². The van der Waals surface area contributed by atoms with E-state index in [0.29, 0.717) is 5.75 Å². The molecule has 5 nitrogen and oxygen atoms in total. The topological polar surface area (TPSA) is 81.8 Å². The van der Waals surface area contributed by atoms with Gasteiger partial charge >= 0.3 is 5.97 Å². The molecule has 0 spiro atoms. The van der Waals surface area contributed by atoms with Crippen LogP contribution in [0.2, 0.25) is 5.02 Å². The summed E-state index contributed by atoms with van der Waals surface area (Å²) in [6, 6.07) is 1.35. The molecular formula is C9H10ClNO4. The van der Waals surface area contributed by atoms with Crippen LogP contribution in [0.25, 0.3) is 0 Å². The van der Waals surface area contributed by atoms with Gasteiger partial charge in [0.15, 0.2) is 11.5 Å². The summed E-state index contributed by atoms with van der Waals surface area (Å²) < 4.78 is 9.89. The minimum atomic E-state index is -1.21. The third-order valence-corrected chi connectivity index (χ3v) is 2.17. The SMILES string of the molecule is COc1cc(Cl)c(C(=O)O)c(N)c1OC. The van der Waals surface area contributed by atoms with E-state index in [4.69, 9.17) is 31.9 Å². The Morgan fingerprint density at radius 3 is 2.47 bits per heavy atom. The molecule has 0 aliphatic carbocycles. The molecule has 0 bridgehead atoms. The summed E-state index contributed by atoms with van der Waals surface area (Å²) in [6.45, 7) is 0. The Hall–Kier alpha value is -1.62. The number of carbonyl (C=O) groups is 1. The van der Waals surface area contributed by atoms with Crippen LogP contribution in [0.15, 0.2) is 6.07 Å². The molecule has 82 valence electrons. The largest absolute Gasteiger partial charge is 0.493 e. The first kappa shape index (κ1) is 11.5. The number of hydrogen-bond donors (Lipinski definition) is 2. The predicted octanol–water partition coefficient (Wildman–Crippen LogP) is 1.64. The van der Waals surface area contributed by atoms with Crippen molar-refractivity contribution < 1.29 is 19.4 Å². The maximum atomic E-state index is 10.8. The maximum absolute atomic E-state index is 10.8. The molecule has 0 aromatic heterocycles. The normalized spacial score (nSPS) is 9.80. The zero-order valence-corrected chi connectivity index (χ0v) is 8.96. The second kappa shape index (κ2) is 4.27. The molecule has 1 aromatic carbocycles. The fourth-order valence-corrected chi connectivity index (χ4v) is 1.49. The summed E-state index contributed by atoms with van der Waals surface area (Å²) in [4.78, 5) is 10.8.